The van der Waals surface area contributed by atoms with Gasteiger partial charge in [-0.2, -0.15) is 18.3 Å². The van der Waals surface area contributed by atoms with Crippen LogP contribution in [0.25, 0.3) is 10.4 Å². The highest BCUT2D eigenvalue weighted by atomic mass is 19.4. The van der Waals surface area contributed by atoms with Crippen LogP contribution in [0, 0.1) is 0 Å². The van der Waals surface area contributed by atoms with Crippen molar-refractivity contribution in [3.8, 4) is 0 Å². The summed E-state index contributed by atoms with van der Waals surface area (Å²) in [7, 11) is 0. The number of nitrogens with zero attached hydrogens (tertiary/aromatic N) is 4. The summed E-state index contributed by atoms with van der Waals surface area (Å²) in [5.41, 5.74) is 5.00. The number of halogens is 3. The van der Waals surface area contributed by atoms with Gasteiger partial charge < -0.3 is 5.32 Å². The maximum Gasteiger partial charge on any atom is 0.423 e. The highest BCUT2D eigenvalue weighted by Gasteiger charge is 2.37. The van der Waals surface area contributed by atoms with Crippen LogP contribution in [0.3, 0.4) is 0 Å². The zero-order valence-electron chi connectivity index (χ0n) is 10.3. The molecule has 0 spiro atoms. The number of hydrogen-bond donors (Lipinski definition) is 2. The summed E-state index contributed by atoms with van der Waals surface area (Å²) in [5, 5.41) is 10.8. The normalized spacial score (nSPS) is 13.0. The number of azide groups is 1. The molecular formula is C10H11F3N6O. The quantitative estimate of drug-likeness (QED) is 0.376. The molecule has 0 aliphatic carbocycles. The summed E-state index contributed by atoms with van der Waals surface area (Å²) in [4.78, 5) is 13.7. The molecule has 1 aromatic heterocycles. The van der Waals surface area contributed by atoms with E-state index in [2.05, 4.69) is 20.4 Å². The summed E-state index contributed by atoms with van der Waals surface area (Å²) < 4.78 is 38.3. The molecular weight excluding hydrogens is 277 g/mol. The zero-order valence-corrected chi connectivity index (χ0v) is 10.3. The monoisotopic (exact) mass is 288 g/mol. The van der Waals surface area contributed by atoms with Gasteiger partial charge >= 0.3 is 6.18 Å². The van der Waals surface area contributed by atoms with Gasteiger partial charge in [-0.25, -0.2) is 5.10 Å². The maximum atomic E-state index is 12.8. The van der Waals surface area contributed by atoms with Crippen molar-refractivity contribution < 1.29 is 13.2 Å². The predicted molar refractivity (Wildman–Crippen MR) is 66.1 cm³/mol. The molecule has 0 saturated heterocycles. The minimum atomic E-state index is -4.78. The van der Waals surface area contributed by atoms with Crippen LogP contribution in [-0.4, -0.2) is 22.8 Å². The number of aromatic nitrogens is 2. The van der Waals surface area contributed by atoms with E-state index in [0.717, 1.165) is 6.20 Å². The number of rotatable bonds is 5. The van der Waals surface area contributed by atoms with Crippen LogP contribution < -0.4 is 10.9 Å². The highest BCUT2D eigenvalue weighted by molar-refractivity contribution is 5.50. The second-order valence-corrected chi connectivity index (χ2v) is 3.76. The van der Waals surface area contributed by atoms with Gasteiger partial charge in [0.25, 0.3) is 5.56 Å². The van der Waals surface area contributed by atoms with Crippen molar-refractivity contribution in [1.82, 2.24) is 10.2 Å². The molecule has 0 saturated carbocycles. The second-order valence-electron chi connectivity index (χ2n) is 3.76. The van der Waals surface area contributed by atoms with Gasteiger partial charge in [0, 0.05) is 17.5 Å². The van der Waals surface area contributed by atoms with Gasteiger partial charge in [0.1, 0.15) is 5.56 Å². The number of alkyl halides is 3. The molecule has 0 radical (unpaired) electrons. The molecule has 0 aliphatic rings. The van der Waals surface area contributed by atoms with Crippen LogP contribution in [0.1, 0.15) is 12.5 Å². The first kappa shape index (κ1) is 15.6. The van der Waals surface area contributed by atoms with Crippen molar-refractivity contribution in [3.63, 3.8) is 0 Å². The number of H-pyrrole nitrogens is 1. The van der Waals surface area contributed by atoms with Crippen LogP contribution in [0.5, 0.6) is 0 Å². The Morgan fingerprint density at radius 2 is 2.35 bits per heavy atom. The first-order chi connectivity index (χ1) is 9.36. The van der Waals surface area contributed by atoms with E-state index in [1.807, 2.05) is 0 Å². The summed E-state index contributed by atoms with van der Waals surface area (Å²) in [5.74, 6) is 0. The molecule has 1 heterocycles. The van der Waals surface area contributed by atoms with Crippen LogP contribution in [0.2, 0.25) is 0 Å². The summed E-state index contributed by atoms with van der Waals surface area (Å²) >= 11 is 0. The average Bonchev–Trinajstić information content (AvgIpc) is 2.33. The van der Waals surface area contributed by atoms with E-state index in [0.29, 0.717) is 0 Å². The maximum absolute atomic E-state index is 12.8. The fourth-order valence-corrected chi connectivity index (χ4v) is 1.43. The van der Waals surface area contributed by atoms with Crippen molar-refractivity contribution in [1.29, 1.82) is 0 Å². The Morgan fingerprint density at radius 1 is 1.65 bits per heavy atom. The third kappa shape index (κ3) is 4.32. The van der Waals surface area contributed by atoms with Gasteiger partial charge in [0.15, 0.2) is 0 Å². The minimum Gasteiger partial charge on any atom is -0.377 e. The van der Waals surface area contributed by atoms with E-state index in [1.165, 1.54) is 12.2 Å². The van der Waals surface area contributed by atoms with E-state index < -0.39 is 29.0 Å². The van der Waals surface area contributed by atoms with Crippen molar-refractivity contribution in [2.24, 2.45) is 5.11 Å². The number of anilines is 1. The molecule has 0 amide bonds. The van der Waals surface area contributed by atoms with E-state index in [1.54, 1.807) is 12.0 Å². The largest absolute Gasteiger partial charge is 0.423 e. The van der Waals surface area contributed by atoms with E-state index >= 15 is 0 Å². The van der Waals surface area contributed by atoms with Crippen LogP contribution in [0.15, 0.2) is 28.3 Å². The average molecular weight is 288 g/mol. The molecule has 1 atom stereocenters. The minimum absolute atomic E-state index is 0.0856. The molecule has 2 N–H and O–H groups in total. The lowest BCUT2D eigenvalue weighted by Crippen LogP contribution is -2.26. The first-order valence-electron chi connectivity index (χ1n) is 5.45. The Bertz CT molecular complexity index is 587. The van der Waals surface area contributed by atoms with Crippen LogP contribution in [-0.2, 0) is 6.18 Å². The Balaban J connectivity index is 2.93. The molecule has 0 aliphatic heterocycles. The summed E-state index contributed by atoms with van der Waals surface area (Å²) in [6.45, 7) is 1.66. The van der Waals surface area contributed by atoms with Gasteiger partial charge in [0.05, 0.1) is 11.9 Å². The molecule has 7 nitrogen and oxygen atoms in total. The molecule has 0 bridgehead atoms. The second kappa shape index (κ2) is 6.62. The Labute approximate surface area is 111 Å². The first-order valence-corrected chi connectivity index (χ1v) is 5.45. The number of hydrogen-bond acceptors (Lipinski definition) is 4. The molecule has 1 aromatic rings. The third-order valence-corrected chi connectivity index (χ3v) is 2.20. The fraction of sp³-hybridized carbons (Fsp3) is 0.400. The van der Waals surface area contributed by atoms with Crippen molar-refractivity contribution >= 4 is 5.69 Å². The van der Waals surface area contributed by atoms with Crippen molar-refractivity contribution in [2.45, 2.75) is 19.1 Å². The van der Waals surface area contributed by atoms with Gasteiger partial charge in [0.2, 0.25) is 0 Å². The smallest absolute Gasteiger partial charge is 0.377 e. The third-order valence-electron chi connectivity index (χ3n) is 2.20. The molecule has 1 rings (SSSR count). The lowest BCUT2D eigenvalue weighted by Gasteiger charge is -2.15. The van der Waals surface area contributed by atoms with Crippen molar-refractivity contribution in [3.05, 3.63) is 44.7 Å². The predicted octanol–water partition coefficient (Wildman–Crippen LogP) is 2.46. The molecule has 1 unspecified atom stereocenters. The summed E-state index contributed by atoms with van der Waals surface area (Å²) in [6, 6.07) is -0.506. The summed E-state index contributed by atoms with van der Waals surface area (Å²) in [6.07, 6.45) is -0.892. The van der Waals surface area contributed by atoms with E-state index in [4.69, 9.17) is 5.53 Å². The zero-order chi connectivity index (χ0) is 15.2. The standard InChI is InChI=1S/C10H11F3N6O/c1-6(3-2-4-15-19-14)17-7-5-16-18-9(20)8(7)10(11,12)13/h2-3,5-6H,4H2,1H3,(H2,17,18,20)/b3-2+. The highest BCUT2D eigenvalue weighted by Crippen LogP contribution is 2.31. The number of nitrogens with one attached hydrogen (secondary N) is 2. The SMILES string of the molecule is CC(/C=C/CN=[N+]=[N-])Nc1cn[nH]c(=O)c1C(F)(F)F. The molecule has 10 heteroatoms. The van der Waals surface area contributed by atoms with Gasteiger partial charge in [-0.05, 0) is 12.5 Å². The van der Waals surface area contributed by atoms with E-state index in [9.17, 15) is 18.0 Å². The molecule has 0 fully saturated rings. The van der Waals surface area contributed by atoms with Crippen molar-refractivity contribution in [2.75, 3.05) is 11.9 Å². The Hall–Kier alpha value is -2.48. The van der Waals surface area contributed by atoms with Crippen LogP contribution >= 0.6 is 0 Å². The van der Waals surface area contributed by atoms with E-state index in [-0.39, 0.29) is 6.54 Å². The lowest BCUT2D eigenvalue weighted by molar-refractivity contribution is -0.138. The molecule has 108 valence electrons. The Morgan fingerprint density at radius 3 is 2.95 bits per heavy atom. The number of aromatic amines is 1. The van der Waals surface area contributed by atoms with Gasteiger partial charge in [-0.15, -0.1) is 0 Å². The molecule has 20 heavy (non-hydrogen) atoms. The van der Waals surface area contributed by atoms with Gasteiger partial charge in [-0.3, -0.25) is 4.79 Å². The molecule has 0 aromatic carbocycles. The van der Waals surface area contributed by atoms with Crippen LogP contribution in [0.4, 0.5) is 18.9 Å². The topological polar surface area (TPSA) is 107 Å². The van der Waals surface area contributed by atoms with Gasteiger partial charge in [-0.1, -0.05) is 17.3 Å². The lowest BCUT2D eigenvalue weighted by atomic mass is 10.2. The fourth-order valence-electron chi connectivity index (χ4n) is 1.43. The Kier molecular flexibility index (Phi) is 5.15.